The van der Waals surface area contributed by atoms with Gasteiger partial charge >= 0.3 is 0 Å². The monoisotopic (exact) mass is 333 g/mol. The number of hydrogen-bond donors (Lipinski definition) is 0. The number of unbranched alkanes of at least 4 members (excludes halogenated alkanes) is 1. The van der Waals surface area contributed by atoms with Crippen molar-refractivity contribution in [3.8, 4) is 0 Å². The van der Waals surface area contributed by atoms with E-state index in [1.54, 1.807) is 0 Å². The smallest absolute Gasteiger partial charge is 0.0416 e. The SMILES string of the molecule is CCCCN(C)c1cc(Br)ccc1CBr. The zero-order valence-electron chi connectivity index (χ0n) is 9.26. The largest absolute Gasteiger partial charge is 0.374 e. The van der Waals surface area contributed by atoms with Gasteiger partial charge in [-0.1, -0.05) is 51.3 Å². The Balaban J connectivity index is 2.85. The first kappa shape index (κ1) is 13.0. The average molecular weight is 335 g/mol. The number of alkyl halides is 1. The second-order valence-corrected chi connectivity index (χ2v) is 5.16. The van der Waals surface area contributed by atoms with Crippen molar-refractivity contribution in [1.29, 1.82) is 0 Å². The molecule has 0 N–H and O–H groups in total. The Bertz CT molecular complexity index is 312. The first-order valence-electron chi connectivity index (χ1n) is 5.24. The molecule has 0 atom stereocenters. The van der Waals surface area contributed by atoms with Crippen molar-refractivity contribution in [3.63, 3.8) is 0 Å². The topological polar surface area (TPSA) is 3.24 Å². The van der Waals surface area contributed by atoms with Crippen molar-refractivity contribution in [2.75, 3.05) is 18.5 Å². The van der Waals surface area contributed by atoms with Crippen molar-refractivity contribution >= 4 is 37.5 Å². The number of nitrogens with zero attached hydrogens (tertiary/aromatic N) is 1. The van der Waals surface area contributed by atoms with Crippen LogP contribution in [0.2, 0.25) is 0 Å². The second-order valence-electron chi connectivity index (χ2n) is 3.68. The van der Waals surface area contributed by atoms with Gasteiger partial charge in [-0.25, -0.2) is 0 Å². The quantitative estimate of drug-likeness (QED) is 0.712. The van der Waals surface area contributed by atoms with Gasteiger partial charge in [0.15, 0.2) is 0 Å². The maximum Gasteiger partial charge on any atom is 0.0416 e. The molecule has 0 aliphatic carbocycles. The highest BCUT2D eigenvalue weighted by Gasteiger charge is 2.06. The Kier molecular flexibility index (Phi) is 5.69. The molecule has 84 valence electrons. The van der Waals surface area contributed by atoms with Crippen LogP contribution < -0.4 is 4.90 Å². The van der Waals surface area contributed by atoms with Gasteiger partial charge in [0.2, 0.25) is 0 Å². The van der Waals surface area contributed by atoms with Crippen molar-refractivity contribution in [2.45, 2.75) is 25.1 Å². The van der Waals surface area contributed by atoms with Crippen LogP contribution >= 0.6 is 31.9 Å². The maximum absolute atomic E-state index is 3.53. The lowest BCUT2D eigenvalue weighted by Gasteiger charge is -2.22. The molecule has 0 saturated carbocycles. The van der Waals surface area contributed by atoms with Gasteiger partial charge in [0.25, 0.3) is 0 Å². The third-order valence-corrected chi connectivity index (χ3v) is 3.55. The Morgan fingerprint density at radius 2 is 2.07 bits per heavy atom. The normalized spacial score (nSPS) is 10.4. The molecular formula is C12H17Br2N. The molecule has 0 fully saturated rings. The highest BCUT2D eigenvalue weighted by molar-refractivity contribution is 9.10. The minimum atomic E-state index is 0.909. The summed E-state index contributed by atoms with van der Waals surface area (Å²) in [5.41, 5.74) is 2.66. The number of rotatable bonds is 5. The lowest BCUT2D eigenvalue weighted by Crippen LogP contribution is -2.19. The molecule has 0 heterocycles. The first-order valence-corrected chi connectivity index (χ1v) is 7.16. The van der Waals surface area contributed by atoms with Crippen LogP contribution in [0.25, 0.3) is 0 Å². The predicted octanol–water partition coefficient (Wildman–Crippen LogP) is 4.58. The molecule has 0 aliphatic heterocycles. The van der Waals surface area contributed by atoms with Crippen molar-refractivity contribution in [2.24, 2.45) is 0 Å². The summed E-state index contributed by atoms with van der Waals surface area (Å²) in [7, 11) is 2.16. The van der Waals surface area contributed by atoms with Crippen molar-refractivity contribution in [1.82, 2.24) is 0 Å². The standard InChI is InChI=1S/C12H17Br2N/c1-3-4-7-15(2)12-8-11(14)6-5-10(12)9-13/h5-6,8H,3-4,7,9H2,1-2H3. The maximum atomic E-state index is 3.53. The molecule has 0 aliphatic rings. The van der Waals surface area contributed by atoms with Crippen molar-refractivity contribution < 1.29 is 0 Å². The van der Waals surface area contributed by atoms with E-state index in [1.165, 1.54) is 24.1 Å². The zero-order chi connectivity index (χ0) is 11.3. The molecule has 1 aromatic carbocycles. The lowest BCUT2D eigenvalue weighted by atomic mass is 10.2. The number of hydrogen-bond acceptors (Lipinski definition) is 1. The van der Waals surface area contributed by atoms with E-state index < -0.39 is 0 Å². The van der Waals surface area contributed by atoms with Crippen LogP contribution in [-0.2, 0) is 5.33 Å². The van der Waals surface area contributed by atoms with E-state index >= 15 is 0 Å². The molecule has 15 heavy (non-hydrogen) atoms. The summed E-state index contributed by atoms with van der Waals surface area (Å²) < 4.78 is 1.14. The minimum absolute atomic E-state index is 0.909. The van der Waals surface area contributed by atoms with Crippen LogP contribution in [0.15, 0.2) is 22.7 Å². The van der Waals surface area contributed by atoms with Gasteiger partial charge in [-0.3, -0.25) is 0 Å². The van der Waals surface area contributed by atoms with Crippen LogP contribution in [0, 0.1) is 0 Å². The van der Waals surface area contributed by atoms with Gasteiger partial charge in [0.1, 0.15) is 0 Å². The van der Waals surface area contributed by atoms with Gasteiger partial charge in [-0.05, 0) is 24.1 Å². The molecule has 0 spiro atoms. The van der Waals surface area contributed by atoms with Crippen LogP contribution in [-0.4, -0.2) is 13.6 Å². The van der Waals surface area contributed by atoms with E-state index in [2.05, 4.69) is 68.9 Å². The summed E-state index contributed by atoms with van der Waals surface area (Å²) in [6.45, 7) is 3.34. The third kappa shape index (κ3) is 3.80. The van der Waals surface area contributed by atoms with E-state index in [0.717, 1.165) is 16.3 Å². The van der Waals surface area contributed by atoms with Crippen LogP contribution in [0.3, 0.4) is 0 Å². The fourth-order valence-corrected chi connectivity index (χ4v) is 2.34. The van der Waals surface area contributed by atoms with E-state index in [0.29, 0.717) is 0 Å². The summed E-state index contributed by atoms with van der Waals surface area (Å²) in [5, 5.41) is 0.909. The van der Waals surface area contributed by atoms with Gasteiger partial charge in [-0.2, -0.15) is 0 Å². The lowest BCUT2D eigenvalue weighted by molar-refractivity contribution is 0.765. The molecule has 0 radical (unpaired) electrons. The second kappa shape index (κ2) is 6.54. The summed E-state index contributed by atoms with van der Waals surface area (Å²) >= 11 is 7.05. The Morgan fingerprint density at radius 3 is 2.67 bits per heavy atom. The third-order valence-electron chi connectivity index (χ3n) is 2.45. The first-order chi connectivity index (χ1) is 7.19. The van der Waals surface area contributed by atoms with E-state index in [9.17, 15) is 0 Å². The average Bonchev–Trinajstić information content (AvgIpc) is 2.25. The fraction of sp³-hybridized carbons (Fsp3) is 0.500. The van der Waals surface area contributed by atoms with E-state index in [-0.39, 0.29) is 0 Å². The van der Waals surface area contributed by atoms with Crippen molar-refractivity contribution in [3.05, 3.63) is 28.2 Å². The molecule has 3 heteroatoms. The predicted molar refractivity (Wildman–Crippen MR) is 75.0 cm³/mol. The fourth-order valence-electron chi connectivity index (χ4n) is 1.52. The van der Waals surface area contributed by atoms with Gasteiger partial charge in [0.05, 0.1) is 0 Å². The summed E-state index contributed by atoms with van der Waals surface area (Å²) in [5.74, 6) is 0. The number of halogens is 2. The molecule has 1 rings (SSSR count). The molecule has 0 bridgehead atoms. The van der Waals surface area contributed by atoms with Crippen LogP contribution in [0.4, 0.5) is 5.69 Å². The molecule has 0 amide bonds. The summed E-state index contributed by atoms with van der Waals surface area (Å²) in [6, 6.07) is 6.44. The molecule has 0 unspecified atom stereocenters. The Hall–Kier alpha value is -0.0200. The van der Waals surface area contributed by atoms with E-state index in [1.807, 2.05) is 0 Å². The molecule has 0 aromatic heterocycles. The Labute approximate surface area is 109 Å². The molecule has 1 aromatic rings. The summed E-state index contributed by atoms with van der Waals surface area (Å²) in [6.07, 6.45) is 2.48. The number of anilines is 1. The minimum Gasteiger partial charge on any atom is -0.374 e. The van der Waals surface area contributed by atoms with Gasteiger partial charge < -0.3 is 4.90 Å². The highest BCUT2D eigenvalue weighted by Crippen LogP contribution is 2.26. The van der Waals surface area contributed by atoms with Gasteiger partial charge in [0, 0.05) is 29.1 Å². The molecule has 1 nitrogen and oxygen atoms in total. The molecular weight excluding hydrogens is 318 g/mol. The highest BCUT2D eigenvalue weighted by atomic mass is 79.9. The number of benzene rings is 1. The zero-order valence-corrected chi connectivity index (χ0v) is 12.4. The summed E-state index contributed by atoms with van der Waals surface area (Å²) in [4.78, 5) is 2.32. The van der Waals surface area contributed by atoms with Gasteiger partial charge in [-0.15, -0.1) is 0 Å². The van der Waals surface area contributed by atoms with Crippen LogP contribution in [0.5, 0.6) is 0 Å². The van der Waals surface area contributed by atoms with E-state index in [4.69, 9.17) is 0 Å². The Morgan fingerprint density at radius 1 is 1.33 bits per heavy atom. The van der Waals surface area contributed by atoms with Crippen LogP contribution in [0.1, 0.15) is 25.3 Å². The molecule has 0 saturated heterocycles.